The summed E-state index contributed by atoms with van der Waals surface area (Å²) in [4.78, 5) is 11.1. The largest absolute Gasteiger partial charge is 0.508 e. The quantitative estimate of drug-likeness (QED) is 0.733. The van der Waals surface area contributed by atoms with Gasteiger partial charge in [-0.05, 0) is 25.1 Å². The van der Waals surface area contributed by atoms with Crippen LogP contribution in [0.4, 0.5) is 0 Å². The van der Waals surface area contributed by atoms with Crippen molar-refractivity contribution < 1.29 is 14.6 Å². The molecule has 1 N–H and O–H groups in total. The number of hydrogen-bond donors (Lipinski definition) is 1. The maximum atomic E-state index is 11.1. The van der Waals surface area contributed by atoms with E-state index in [1.807, 2.05) is 0 Å². The van der Waals surface area contributed by atoms with Gasteiger partial charge in [0.05, 0.1) is 0 Å². The molecule has 0 saturated heterocycles. The normalized spacial score (nSPS) is 13.9. The molecule has 1 heterocycles. The molecule has 1 aromatic carbocycles. The van der Waals surface area contributed by atoms with Crippen LogP contribution < -0.4 is 4.74 Å². The van der Waals surface area contributed by atoms with Gasteiger partial charge in [0, 0.05) is 17.2 Å². The van der Waals surface area contributed by atoms with E-state index in [4.69, 9.17) is 4.74 Å². The van der Waals surface area contributed by atoms with E-state index in [0.29, 0.717) is 11.3 Å². The number of aromatic hydroxyl groups is 1. The third-order valence-corrected chi connectivity index (χ3v) is 2.16. The minimum atomic E-state index is 0.0173. The van der Waals surface area contributed by atoms with Crippen molar-refractivity contribution in [2.75, 3.05) is 6.61 Å². The Labute approximate surface area is 81.6 Å². The van der Waals surface area contributed by atoms with Gasteiger partial charge in [-0.2, -0.15) is 0 Å². The molecule has 0 aromatic heterocycles. The van der Waals surface area contributed by atoms with Crippen LogP contribution in [0.3, 0.4) is 0 Å². The zero-order chi connectivity index (χ0) is 10.1. The Balaban J connectivity index is 2.45. The number of fused-ring (bicyclic) bond motifs is 1. The summed E-state index contributed by atoms with van der Waals surface area (Å²) in [7, 11) is 0. The predicted molar refractivity (Wildman–Crippen MR) is 52.3 cm³/mol. The van der Waals surface area contributed by atoms with Crippen molar-refractivity contribution in [1.29, 1.82) is 0 Å². The van der Waals surface area contributed by atoms with Crippen LogP contribution in [0.15, 0.2) is 23.8 Å². The number of carbonyl (C=O) groups is 1. The summed E-state index contributed by atoms with van der Waals surface area (Å²) in [6, 6.07) is 4.84. The Morgan fingerprint density at radius 2 is 2.29 bits per heavy atom. The fourth-order valence-electron chi connectivity index (χ4n) is 1.36. The number of carbonyl (C=O) groups excluding carboxylic acids is 1. The molecular weight excluding hydrogens is 180 g/mol. The van der Waals surface area contributed by atoms with E-state index < -0.39 is 0 Å². The van der Waals surface area contributed by atoms with Gasteiger partial charge in [0.1, 0.15) is 18.1 Å². The molecule has 1 aromatic rings. The molecule has 14 heavy (non-hydrogen) atoms. The van der Waals surface area contributed by atoms with Crippen LogP contribution in [0.1, 0.15) is 12.5 Å². The molecule has 3 nitrogen and oxygen atoms in total. The molecule has 1 aliphatic heterocycles. The van der Waals surface area contributed by atoms with Crippen molar-refractivity contribution in [3.8, 4) is 11.5 Å². The van der Waals surface area contributed by atoms with Gasteiger partial charge in [-0.3, -0.25) is 4.79 Å². The van der Waals surface area contributed by atoms with Crippen LogP contribution in [0.2, 0.25) is 0 Å². The summed E-state index contributed by atoms with van der Waals surface area (Å²) in [5, 5.41) is 9.20. The van der Waals surface area contributed by atoms with Crippen molar-refractivity contribution in [1.82, 2.24) is 0 Å². The summed E-state index contributed by atoms with van der Waals surface area (Å²) in [6.45, 7) is 1.80. The fraction of sp³-hybridized carbons (Fsp3) is 0.182. The van der Waals surface area contributed by atoms with Crippen molar-refractivity contribution in [2.45, 2.75) is 6.92 Å². The lowest BCUT2D eigenvalue weighted by Crippen LogP contribution is -2.12. The molecule has 0 aliphatic carbocycles. The summed E-state index contributed by atoms with van der Waals surface area (Å²) in [6.07, 6.45) is 1.79. The Morgan fingerprint density at radius 1 is 1.50 bits per heavy atom. The van der Waals surface area contributed by atoms with Crippen molar-refractivity contribution in [3.63, 3.8) is 0 Å². The number of benzene rings is 1. The van der Waals surface area contributed by atoms with Gasteiger partial charge in [0.15, 0.2) is 5.78 Å². The molecule has 0 radical (unpaired) electrons. The monoisotopic (exact) mass is 190 g/mol. The van der Waals surface area contributed by atoms with Crippen LogP contribution in [-0.2, 0) is 4.79 Å². The first-order chi connectivity index (χ1) is 6.66. The summed E-state index contributed by atoms with van der Waals surface area (Å²) in [5.41, 5.74) is 1.49. The Bertz CT molecular complexity index is 419. The topological polar surface area (TPSA) is 46.5 Å². The maximum Gasteiger partial charge on any atom is 0.159 e. The molecule has 72 valence electrons. The molecule has 2 rings (SSSR count). The Hall–Kier alpha value is -1.77. The Kier molecular flexibility index (Phi) is 2.00. The lowest BCUT2D eigenvalue weighted by atomic mass is 10.1. The number of ether oxygens (including phenoxy) is 1. The number of ketones is 1. The highest BCUT2D eigenvalue weighted by Crippen LogP contribution is 2.29. The first-order valence-corrected chi connectivity index (χ1v) is 4.34. The number of hydrogen-bond acceptors (Lipinski definition) is 3. The van der Waals surface area contributed by atoms with Crippen LogP contribution in [0.25, 0.3) is 6.08 Å². The molecule has 3 heteroatoms. The fourth-order valence-corrected chi connectivity index (χ4v) is 1.36. The van der Waals surface area contributed by atoms with Gasteiger partial charge >= 0.3 is 0 Å². The van der Waals surface area contributed by atoms with E-state index in [2.05, 4.69) is 0 Å². The molecule has 0 spiro atoms. The molecule has 0 amide bonds. The van der Waals surface area contributed by atoms with Gasteiger partial charge in [-0.25, -0.2) is 0 Å². The highest BCUT2D eigenvalue weighted by atomic mass is 16.5. The van der Waals surface area contributed by atoms with Crippen molar-refractivity contribution >= 4 is 11.9 Å². The molecule has 0 saturated carbocycles. The van der Waals surface area contributed by atoms with Crippen LogP contribution in [0.5, 0.6) is 11.5 Å². The maximum absolute atomic E-state index is 11.1. The standard InChI is InChI=1S/C11H10O3/c1-7(12)9-4-8-2-3-10(13)5-11(8)14-6-9/h2-5,13H,6H2,1H3. The summed E-state index contributed by atoms with van der Waals surface area (Å²) in [5.74, 6) is 0.808. The van der Waals surface area contributed by atoms with Gasteiger partial charge < -0.3 is 9.84 Å². The van der Waals surface area contributed by atoms with Gasteiger partial charge in [0.2, 0.25) is 0 Å². The minimum Gasteiger partial charge on any atom is -0.508 e. The highest BCUT2D eigenvalue weighted by Gasteiger charge is 2.14. The van der Waals surface area contributed by atoms with Crippen molar-refractivity contribution in [3.05, 3.63) is 29.3 Å². The molecule has 0 atom stereocenters. The average Bonchev–Trinajstić information content (AvgIpc) is 2.16. The minimum absolute atomic E-state index is 0.0173. The smallest absolute Gasteiger partial charge is 0.159 e. The van der Waals surface area contributed by atoms with Gasteiger partial charge in [-0.1, -0.05) is 0 Å². The van der Waals surface area contributed by atoms with E-state index in [9.17, 15) is 9.90 Å². The Morgan fingerprint density at radius 3 is 3.00 bits per heavy atom. The average molecular weight is 190 g/mol. The number of rotatable bonds is 1. The second-order valence-corrected chi connectivity index (χ2v) is 3.24. The number of phenols is 1. The highest BCUT2D eigenvalue weighted by molar-refractivity contribution is 5.99. The third-order valence-electron chi connectivity index (χ3n) is 2.16. The van der Waals surface area contributed by atoms with Gasteiger partial charge in [0.25, 0.3) is 0 Å². The van der Waals surface area contributed by atoms with Crippen LogP contribution >= 0.6 is 0 Å². The van der Waals surface area contributed by atoms with E-state index in [1.165, 1.54) is 6.92 Å². The predicted octanol–water partition coefficient (Wildman–Crippen LogP) is 1.76. The second-order valence-electron chi connectivity index (χ2n) is 3.24. The first-order valence-electron chi connectivity index (χ1n) is 4.34. The van der Waals surface area contributed by atoms with E-state index in [0.717, 1.165) is 5.56 Å². The lowest BCUT2D eigenvalue weighted by molar-refractivity contribution is -0.113. The summed E-state index contributed by atoms with van der Waals surface area (Å²) >= 11 is 0. The molecule has 0 fully saturated rings. The van der Waals surface area contributed by atoms with E-state index >= 15 is 0 Å². The van der Waals surface area contributed by atoms with E-state index in [-0.39, 0.29) is 18.1 Å². The lowest BCUT2D eigenvalue weighted by Gasteiger charge is -2.16. The van der Waals surface area contributed by atoms with Crippen LogP contribution in [-0.4, -0.2) is 17.5 Å². The summed E-state index contributed by atoms with van der Waals surface area (Å²) < 4.78 is 5.33. The molecule has 0 bridgehead atoms. The van der Waals surface area contributed by atoms with Gasteiger partial charge in [-0.15, -0.1) is 0 Å². The molecule has 1 aliphatic rings. The molecular formula is C11H10O3. The van der Waals surface area contributed by atoms with Crippen molar-refractivity contribution in [2.24, 2.45) is 0 Å². The SMILES string of the molecule is CC(=O)C1=Cc2ccc(O)cc2OC1. The first kappa shape index (κ1) is 8.81. The van der Waals surface area contributed by atoms with E-state index in [1.54, 1.807) is 24.3 Å². The second kappa shape index (κ2) is 3.18. The molecule has 0 unspecified atom stereocenters. The third kappa shape index (κ3) is 1.48. The number of phenolic OH excluding ortho intramolecular Hbond substituents is 1. The number of Topliss-reactive ketones (excluding diaryl/α,β-unsaturated/α-hetero) is 1. The van der Waals surface area contributed by atoms with Crippen LogP contribution in [0, 0.1) is 0 Å². The zero-order valence-corrected chi connectivity index (χ0v) is 7.78. The zero-order valence-electron chi connectivity index (χ0n) is 7.78.